The quantitative estimate of drug-likeness (QED) is 0.761. The molecule has 0 aromatic heterocycles. The predicted molar refractivity (Wildman–Crippen MR) is 66.4 cm³/mol. The second kappa shape index (κ2) is 4.25. The Hall–Kier alpha value is -1.60. The lowest BCUT2D eigenvalue weighted by atomic mass is 10.2. The van der Waals surface area contributed by atoms with Gasteiger partial charge in [-0.1, -0.05) is 0 Å². The molecule has 1 aromatic carbocycles. The summed E-state index contributed by atoms with van der Waals surface area (Å²) in [7, 11) is -1.78. The van der Waals surface area contributed by atoms with Gasteiger partial charge in [0.15, 0.2) is 9.84 Å². The average molecular weight is 270 g/mol. The van der Waals surface area contributed by atoms with Crippen LogP contribution in [-0.4, -0.2) is 40.3 Å². The van der Waals surface area contributed by atoms with Crippen LogP contribution in [0.4, 0.5) is 5.69 Å². The van der Waals surface area contributed by atoms with E-state index in [9.17, 15) is 13.2 Å². The zero-order valence-electron chi connectivity index (χ0n) is 10.1. The van der Waals surface area contributed by atoms with Gasteiger partial charge in [-0.15, -0.1) is 0 Å². The summed E-state index contributed by atoms with van der Waals surface area (Å²) in [5, 5.41) is 0. The Balaban J connectivity index is 2.56. The third-order valence-corrected chi connectivity index (χ3v) is 3.90. The molecular weight excluding hydrogens is 256 g/mol. The Morgan fingerprint density at radius 1 is 1.44 bits per heavy atom. The summed E-state index contributed by atoms with van der Waals surface area (Å²) in [6.45, 7) is 0.0778. The summed E-state index contributed by atoms with van der Waals surface area (Å²) < 4.78 is 28.4. The number of likely N-dealkylation sites (N-methyl/N-ethyl adjacent to an activating group) is 1. The van der Waals surface area contributed by atoms with E-state index in [0.717, 1.165) is 6.26 Å². The number of benzene rings is 1. The molecule has 1 aliphatic rings. The van der Waals surface area contributed by atoms with Gasteiger partial charge in [0.2, 0.25) is 5.91 Å². The van der Waals surface area contributed by atoms with E-state index in [-0.39, 0.29) is 17.4 Å². The fraction of sp³-hybridized carbons (Fsp3) is 0.364. The van der Waals surface area contributed by atoms with Crippen LogP contribution in [0.15, 0.2) is 23.1 Å². The highest BCUT2D eigenvalue weighted by Crippen LogP contribution is 2.32. The van der Waals surface area contributed by atoms with Gasteiger partial charge in [0, 0.05) is 13.3 Å². The predicted octanol–water partition coefficient (Wildman–Crippen LogP) is -0.227. The topological polar surface area (TPSA) is 89.7 Å². The average Bonchev–Trinajstić information content (AvgIpc) is 2.41. The highest BCUT2D eigenvalue weighted by atomic mass is 32.2. The van der Waals surface area contributed by atoms with Gasteiger partial charge in [0.25, 0.3) is 0 Å². The molecule has 2 rings (SSSR count). The molecule has 1 atom stereocenters. The number of amides is 1. The minimum absolute atomic E-state index is 0.0778. The van der Waals surface area contributed by atoms with Crippen LogP contribution >= 0.6 is 0 Å². The lowest BCUT2D eigenvalue weighted by molar-refractivity contribution is -0.119. The number of carbonyl (C=O) groups excluding carboxylic acids is 1. The van der Waals surface area contributed by atoms with Crippen molar-refractivity contribution in [2.24, 2.45) is 5.73 Å². The molecule has 1 amide bonds. The molecule has 18 heavy (non-hydrogen) atoms. The first-order valence-electron chi connectivity index (χ1n) is 5.31. The van der Waals surface area contributed by atoms with E-state index in [0.29, 0.717) is 11.4 Å². The number of carbonyl (C=O) groups is 1. The maximum atomic E-state index is 11.8. The van der Waals surface area contributed by atoms with E-state index < -0.39 is 15.9 Å². The van der Waals surface area contributed by atoms with Crippen molar-refractivity contribution in [2.75, 3.05) is 24.8 Å². The molecule has 0 radical (unpaired) electrons. The van der Waals surface area contributed by atoms with E-state index in [1.54, 1.807) is 7.05 Å². The number of sulfone groups is 1. The molecular formula is C11H14N2O4S. The van der Waals surface area contributed by atoms with Gasteiger partial charge in [-0.25, -0.2) is 8.42 Å². The summed E-state index contributed by atoms with van der Waals surface area (Å²) in [6, 6.07) is 3.65. The standard InChI is InChI=1S/C11H14N2O4S/c1-13-9-5-7(18(2,15)16)3-4-10(9)17-6-8(12)11(13)14/h3-5,8H,6,12H2,1-2H3/t8-/m0/s1. The number of ether oxygens (including phenoxy) is 1. The van der Waals surface area contributed by atoms with Crippen LogP contribution in [0.25, 0.3) is 0 Å². The third kappa shape index (κ3) is 2.19. The SMILES string of the molecule is CN1C(=O)[C@@H](N)COc2ccc(S(C)(=O)=O)cc21. The minimum atomic E-state index is -3.33. The van der Waals surface area contributed by atoms with Crippen molar-refractivity contribution in [2.45, 2.75) is 10.9 Å². The van der Waals surface area contributed by atoms with Crippen molar-refractivity contribution in [3.8, 4) is 5.75 Å². The maximum absolute atomic E-state index is 11.8. The molecule has 0 bridgehead atoms. The van der Waals surface area contributed by atoms with Crippen molar-refractivity contribution in [3.05, 3.63) is 18.2 Å². The van der Waals surface area contributed by atoms with Gasteiger partial charge in [0.05, 0.1) is 10.6 Å². The monoisotopic (exact) mass is 270 g/mol. The van der Waals surface area contributed by atoms with Crippen LogP contribution in [0, 0.1) is 0 Å². The van der Waals surface area contributed by atoms with Crippen molar-refractivity contribution in [1.82, 2.24) is 0 Å². The van der Waals surface area contributed by atoms with Crippen LogP contribution in [0.5, 0.6) is 5.75 Å². The molecule has 0 saturated carbocycles. The molecule has 98 valence electrons. The summed E-state index contributed by atoms with van der Waals surface area (Å²) in [6.07, 6.45) is 1.11. The second-order valence-corrected chi connectivity index (χ2v) is 6.23. The number of hydrogen-bond donors (Lipinski definition) is 1. The number of rotatable bonds is 1. The highest BCUT2D eigenvalue weighted by molar-refractivity contribution is 7.90. The van der Waals surface area contributed by atoms with Crippen molar-refractivity contribution in [3.63, 3.8) is 0 Å². The lowest BCUT2D eigenvalue weighted by Crippen LogP contribution is -2.43. The second-order valence-electron chi connectivity index (χ2n) is 4.22. The Kier molecular flexibility index (Phi) is 3.04. The fourth-order valence-corrected chi connectivity index (χ4v) is 2.37. The molecule has 0 aliphatic carbocycles. The van der Waals surface area contributed by atoms with Crippen LogP contribution in [0.3, 0.4) is 0 Å². The van der Waals surface area contributed by atoms with Gasteiger partial charge in [-0.05, 0) is 18.2 Å². The molecule has 0 unspecified atom stereocenters. The largest absolute Gasteiger partial charge is 0.489 e. The van der Waals surface area contributed by atoms with Crippen LogP contribution in [0.1, 0.15) is 0 Å². The van der Waals surface area contributed by atoms with Gasteiger partial charge >= 0.3 is 0 Å². The summed E-state index contributed by atoms with van der Waals surface area (Å²) >= 11 is 0. The Morgan fingerprint density at radius 3 is 2.72 bits per heavy atom. The summed E-state index contributed by atoms with van der Waals surface area (Å²) in [5.41, 5.74) is 6.05. The number of fused-ring (bicyclic) bond motifs is 1. The number of nitrogens with zero attached hydrogens (tertiary/aromatic N) is 1. The molecule has 6 nitrogen and oxygen atoms in total. The normalized spacial score (nSPS) is 20.1. The Bertz CT molecular complexity index is 597. The molecule has 0 saturated heterocycles. The third-order valence-electron chi connectivity index (χ3n) is 2.79. The lowest BCUT2D eigenvalue weighted by Gasteiger charge is -2.18. The fourth-order valence-electron chi connectivity index (χ4n) is 1.73. The van der Waals surface area contributed by atoms with E-state index in [1.807, 2.05) is 0 Å². The number of hydrogen-bond acceptors (Lipinski definition) is 5. The number of anilines is 1. The zero-order valence-corrected chi connectivity index (χ0v) is 10.9. The van der Waals surface area contributed by atoms with Gasteiger partial charge in [-0.3, -0.25) is 4.79 Å². The molecule has 2 N–H and O–H groups in total. The summed E-state index contributed by atoms with van der Waals surface area (Å²) in [4.78, 5) is 13.3. The molecule has 1 heterocycles. The minimum Gasteiger partial charge on any atom is -0.489 e. The zero-order chi connectivity index (χ0) is 13.5. The van der Waals surface area contributed by atoms with Crippen LogP contribution in [0.2, 0.25) is 0 Å². The van der Waals surface area contributed by atoms with E-state index in [1.165, 1.54) is 23.1 Å². The number of nitrogens with two attached hydrogens (primary N) is 1. The van der Waals surface area contributed by atoms with Crippen molar-refractivity contribution in [1.29, 1.82) is 0 Å². The maximum Gasteiger partial charge on any atom is 0.247 e. The molecule has 1 aromatic rings. The van der Waals surface area contributed by atoms with Crippen molar-refractivity contribution < 1.29 is 17.9 Å². The van der Waals surface area contributed by atoms with Gasteiger partial charge in [-0.2, -0.15) is 0 Å². The van der Waals surface area contributed by atoms with E-state index in [4.69, 9.17) is 10.5 Å². The molecule has 1 aliphatic heterocycles. The van der Waals surface area contributed by atoms with Crippen molar-refractivity contribution >= 4 is 21.4 Å². The van der Waals surface area contributed by atoms with Crippen LogP contribution in [-0.2, 0) is 14.6 Å². The molecule has 7 heteroatoms. The first-order chi connectivity index (χ1) is 8.30. The van der Waals surface area contributed by atoms with E-state index in [2.05, 4.69) is 0 Å². The first kappa shape index (κ1) is 12.8. The first-order valence-corrected chi connectivity index (χ1v) is 7.20. The smallest absolute Gasteiger partial charge is 0.247 e. The molecule has 0 spiro atoms. The Labute approximate surface area is 105 Å². The van der Waals surface area contributed by atoms with Gasteiger partial charge < -0.3 is 15.4 Å². The summed E-state index contributed by atoms with van der Waals surface area (Å²) in [5.74, 6) is 0.144. The Morgan fingerprint density at radius 2 is 2.11 bits per heavy atom. The van der Waals surface area contributed by atoms with Gasteiger partial charge in [0.1, 0.15) is 18.4 Å². The molecule has 0 fully saturated rings. The van der Waals surface area contributed by atoms with E-state index >= 15 is 0 Å². The van der Waals surface area contributed by atoms with Crippen LogP contribution < -0.4 is 15.4 Å². The highest BCUT2D eigenvalue weighted by Gasteiger charge is 2.27.